The molecule has 0 saturated carbocycles. The van der Waals surface area contributed by atoms with Crippen LogP contribution in [0.15, 0.2) is 12.1 Å². The maximum atomic E-state index is 8.63. The maximum Gasteiger partial charge on any atom is 0.110 e. The Bertz CT molecular complexity index is 370. The van der Waals surface area contributed by atoms with Gasteiger partial charge in [0.15, 0.2) is 0 Å². The molecule has 0 aliphatic carbocycles. The number of rotatable bonds is 6. The number of hydrogen-bond donors (Lipinski definition) is 1. The molecule has 0 spiro atoms. The van der Waals surface area contributed by atoms with Gasteiger partial charge in [-0.25, -0.2) is 0 Å². The Morgan fingerprint density at radius 2 is 2.13 bits per heavy atom. The number of nitriles is 2. The van der Waals surface area contributed by atoms with Gasteiger partial charge in [-0.1, -0.05) is 0 Å². The van der Waals surface area contributed by atoms with Crippen LogP contribution in [-0.4, -0.2) is 6.54 Å². The Kier molecular flexibility index (Phi) is 5.47. The molecular weight excluding hydrogens is 206 g/mol. The second-order valence-corrected chi connectivity index (χ2v) is 4.34. The normalized spacial score (nSPS) is 9.47. The summed E-state index contributed by atoms with van der Waals surface area (Å²) in [5.41, 5.74) is 0. The molecule has 1 rings (SSSR count). The van der Waals surface area contributed by atoms with Crippen molar-refractivity contribution in [1.82, 2.24) is 5.32 Å². The van der Waals surface area contributed by atoms with E-state index in [4.69, 9.17) is 10.5 Å². The van der Waals surface area contributed by atoms with E-state index in [2.05, 4.69) is 17.5 Å². The standard InChI is InChI=1S/C11H13N3S/c12-6-2-1-3-7-14-9-11-5-4-10(8-13)15-11/h4-5,14H,1-3,7,9H2. The van der Waals surface area contributed by atoms with Crippen LogP contribution < -0.4 is 5.32 Å². The fourth-order valence-electron chi connectivity index (χ4n) is 1.20. The van der Waals surface area contributed by atoms with Gasteiger partial charge in [0.1, 0.15) is 10.9 Å². The molecule has 0 bridgehead atoms. The van der Waals surface area contributed by atoms with Gasteiger partial charge < -0.3 is 5.32 Å². The minimum atomic E-state index is 0.638. The van der Waals surface area contributed by atoms with Crippen LogP contribution >= 0.6 is 11.3 Å². The minimum Gasteiger partial charge on any atom is -0.312 e. The molecule has 1 heterocycles. The third-order valence-electron chi connectivity index (χ3n) is 1.96. The highest BCUT2D eigenvalue weighted by Crippen LogP contribution is 2.14. The smallest absolute Gasteiger partial charge is 0.110 e. The first-order chi connectivity index (χ1) is 7.36. The van der Waals surface area contributed by atoms with Crippen molar-refractivity contribution in [1.29, 1.82) is 10.5 Å². The van der Waals surface area contributed by atoms with Crippen LogP contribution in [0.1, 0.15) is 29.0 Å². The molecule has 0 amide bonds. The quantitative estimate of drug-likeness (QED) is 0.747. The highest BCUT2D eigenvalue weighted by Gasteiger charge is 1.97. The van der Waals surface area contributed by atoms with E-state index >= 15 is 0 Å². The van der Waals surface area contributed by atoms with Gasteiger partial charge >= 0.3 is 0 Å². The van der Waals surface area contributed by atoms with Crippen LogP contribution in [0.2, 0.25) is 0 Å². The van der Waals surface area contributed by atoms with Gasteiger partial charge in [-0.2, -0.15) is 10.5 Å². The third kappa shape index (κ3) is 4.60. The van der Waals surface area contributed by atoms with Gasteiger partial charge in [0.25, 0.3) is 0 Å². The Morgan fingerprint density at radius 3 is 2.80 bits per heavy atom. The van der Waals surface area contributed by atoms with E-state index in [1.165, 1.54) is 16.2 Å². The summed E-state index contributed by atoms with van der Waals surface area (Å²) in [7, 11) is 0. The van der Waals surface area contributed by atoms with E-state index < -0.39 is 0 Å². The Balaban J connectivity index is 2.11. The van der Waals surface area contributed by atoms with E-state index in [9.17, 15) is 0 Å². The summed E-state index contributed by atoms with van der Waals surface area (Å²) in [5, 5.41) is 20.2. The van der Waals surface area contributed by atoms with Crippen molar-refractivity contribution >= 4 is 11.3 Å². The molecule has 1 aromatic heterocycles. The molecule has 1 aromatic rings. The van der Waals surface area contributed by atoms with Crippen LogP contribution in [0.5, 0.6) is 0 Å². The van der Waals surface area contributed by atoms with Crippen LogP contribution in [-0.2, 0) is 6.54 Å². The second-order valence-electron chi connectivity index (χ2n) is 3.17. The summed E-state index contributed by atoms with van der Waals surface area (Å²) in [4.78, 5) is 1.95. The highest BCUT2D eigenvalue weighted by atomic mass is 32.1. The Morgan fingerprint density at radius 1 is 1.27 bits per heavy atom. The zero-order valence-electron chi connectivity index (χ0n) is 8.49. The predicted molar refractivity (Wildman–Crippen MR) is 60.2 cm³/mol. The molecule has 0 aliphatic heterocycles. The molecule has 15 heavy (non-hydrogen) atoms. The molecule has 1 N–H and O–H groups in total. The molecule has 0 aliphatic rings. The summed E-state index contributed by atoms with van der Waals surface area (Å²) in [6, 6.07) is 8.07. The zero-order chi connectivity index (χ0) is 10.9. The van der Waals surface area contributed by atoms with Crippen LogP contribution in [0.25, 0.3) is 0 Å². The Labute approximate surface area is 94.0 Å². The number of hydrogen-bond acceptors (Lipinski definition) is 4. The van der Waals surface area contributed by atoms with Crippen molar-refractivity contribution in [2.45, 2.75) is 25.8 Å². The summed E-state index contributed by atoms with van der Waals surface area (Å²) in [6.07, 6.45) is 2.63. The number of nitrogens with zero attached hydrogens (tertiary/aromatic N) is 2. The molecule has 4 heteroatoms. The van der Waals surface area contributed by atoms with E-state index in [-0.39, 0.29) is 0 Å². The average Bonchev–Trinajstić information content (AvgIpc) is 2.71. The second kappa shape index (κ2) is 7.00. The van der Waals surface area contributed by atoms with Crippen molar-refractivity contribution in [2.75, 3.05) is 6.54 Å². The predicted octanol–water partition coefficient (Wildman–Crippen LogP) is 2.40. The fourth-order valence-corrected chi connectivity index (χ4v) is 1.97. The summed E-state index contributed by atoms with van der Waals surface area (Å²) in [6.45, 7) is 1.75. The van der Waals surface area contributed by atoms with Gasteiger partial charge in [-0.05, 0) is 31.5 Å². The first kappa shape index (κ1) is 11.7. The third-order valence-corrected chi connectivity index (χ3v) is 2.95. The summed E-state index contributed by atoms with van der Waals surface area (Å²) >= 11 is 1.53. The van der Waals surface area contributed by atoms with Crippen LogP contribution in [0, 0.1) is 22.7 Å². The monoisotopic (exact) mass is 219 g/mol. The molecule has 0 aromatic carbocycles. The molecular formula is C11H13N3S. The van der Waals surface area contributed by atoms with Crippen molar-refractivity contribution in [3.8, 4) is 12.1 Å². The van der Waals surface area contributed by atoms with Crippen molar-refractivity contribution in [2.24, 2.45) is 0 Å². The maximum absolute atomic E-state index is 8.63. The van der Waals surface area contributed by atoms with Crippen molar-refractivity contribution < 1.29 is 0 Å². The largest absolute Gasteiger partial charge is 0.312 e. The van der Waals surface area contributed by atoms with Gasteiger partial charge in [-0.3, -0.25) is 0 Å². The molecule has 0 fully saturated rings. The molecule has 0 atom stereocenters. The van der Waals surface area contributed by atoms with Crippen LogP contribution in [0.3, 0.4) is 0 Å². The molecule has 0 unspecified atom stereocenters. The van der Waals surface area contributed by atoms with Gasteiger partial charge in [0.05, 0.1) is 6.07 Å². The lowest BCUT2D eigenvalue weighted by Crippen LogP contribution is -2.13. The molecule has 0 radical (unpaired) electrons. The lowest BCUT2D eigenvalue weighted by Gasteiger charge is -2.00. The SMILES string of the molecule is N#CCCCCNCc1ccc(C#N)s1. The van der Waals surface area contributed by atoms with E-state index in [0.29, 0.717) is 6.42 Å². The first-order valence-corrected chi connectivity index (χ1v) is 5.75. The number of unbranched alkanes of at least 4 members (excludes halogenated alkanes) is 2. The summed E-state index contributed by atoms with van der Waals surface area (Å²) in [5.74, 6) is 0. The Hall–Kier alpha value is -1.36. The number of thiophene rings is 1. The molecule has 3 nitrogen and oxygen atoms in total. The van der Waals surface area contributed by atoms with Crippen molar-refractivity contribution in [3.63, 3.8) is 0 Å². The number of nitrogens with one attached hydrogen (secondary N) is 1. The molecule has 78 valence electrons. The van der Waals surface area contributed by atoms with Gasteiger partial charge in [0.2, 0.25) is 0 Å². The summed E-state index contributed by atoms with van der Waals surface area (Å²) < 4.78 is 0. The highest BCUT2D eigenvalue weighted by molar-refractivity contribution is 7.12. The lowest BCUT2D eigenvalue weighted by molar-refractivity contribution is 0.632. The average molecular weight is 219 g/mol. The van der Waals surface area contributed by atoms with Gasteiger partial charge in [0, 0.05) is 17.8 Å². The van der Waals surface area contributed by atoms with Crippen LogP contribution in [0.4, 0.5) is 0 Å². The van der Waals surface area contributed by atoms with Crippen molar-refractivity contribution in [3.05, 3.63) is 21.9 Å². The van der Waals surface area contributed by atoms with E-state index in [1.54, 1.807) is 0 Å². The van der Waals surface area contributed by atoms with Gasteiger partial charge in [-0.15, -0.1) is 11.3 Å². The fraction of sp³-hybridized carbons (Fsp3) is 0.455. The topological polar surface area (TPSA) is 59.6 Å². The van der Waals surface area contributed by atoms with E-state index in [0.717, 1.165) is 30.8 Å². The van der Waals surface area contributed by atoms with E-state index in [1.807, 2.05) is 12.1 Å². The first-order valence-electron chi connectivity index (χ1n) is 4.93. The zero-order valence-corrected chi connectivity index (χ0v) is 9.31. The molecule has 0 saturated heterocycles. The lowest BCUT2D eigenvalue weighted by atomic mass is 10.2. The minimum absolute atomic E-state index is 0.638.